The maximum absolute atomic E-state index is 10.6. The molecule has 0 radical (unpaired) electrons. The molecule has 1 aromatic carbocycles. The van der Waals surface area contributed by atoms with Crippen LogP contribution in [0, 0.1) is 6.92 Å². The van der Waals surface area contributed by atoms with E-state index in [0.717, 1.165) is 76.7 Å². The number of piperidine rings is 1. The largest absolute Gasteiger partial charge is 0.481 e. The van der Waals surface area contributed by atoms with E-state index >= 15 is 0 Å². The zero-order valence-corrected chi connectivity index (χ0v) is 20.1. The third-order valence-corrected chi connectivity index (χ3v) is 6.78. The average molecular weight is 469 g/mol. The summed E-state index contributed by atoms with van der Waals surface area (Å²) in [7, 11) is 0. The number of ether oxygens (including phenoxy) is 2. The molecule has 8 heteroatoms. The molecule has 8 nitrogen and oxygen atoms in total. The first-order chi connectivity index (χ1) is 16.5. The highest BCUT2D eigenvalue weighted by Crippen LogP contribution is 2.31. The summed E-state index contributed by atoms with van der Waals surface area (Å²) in [6, 6.07) is 10.6. The molecule has 1 aromatic heterocycles. The van der Waals surface area contributed by atoms with Gasteiger partial charge in [-0.25, -0.2) is 9.97 Å². The Morgan fingerprint density at radius 1 is 1.15 bits per heavy atom. The van der Waals surface area contributed by atoms with Gasteiger partial charge in [0.2, 0.25) is 5.95 Å². The fourth-order valence-corrected chi connectivity index (χ4v) is 4.77. The van der Waals surface area contributed by atoms with Crippen molar-refractivity contribution in [3.8, 4) is 0 Å². The summed E-state index contributed by atoms with van der Waals surface area (Å²) in [5.41, 5.74) is 3.47. The van der Waals surface area contributed by atoms with Gasteiger partial charge in [-0.3, -0.25) is 4.79 Å². The lowest BCUT2D eigenvalue weighted by atomic mass is 9.89. The number of carboxylic acid groups (broad SMARTS) is 1. The van der Waals surface area contributed by atoms with Crippen molar-refractivity contribution < 1.29 is 19.4 Å². The molecular weight excluding hydrogens is 432 g/mol. The van der Waals surface area contributed by atoms with Crippen LogP contribution in [0.1, 0.15) is 36.1 Å². The first-order valence-electron chi connectivity index (χ1n) is 12.3. The minimum absolute atomic E-state index is 0.0555. The van der Waals surface area contributed by atoms with Gasteiger partial charge in [-0.1, -0.05) is 24.3 Å². The average Bonchev–Trinajstić information content (AvgIpc) is 2.84. The molecule has 184 valence electrons. The van der Waals surface area contributed by atoms with Crippen LogP contribution in [0.25, 0.3) is 0 Å². The Kier molecular flexibility index (Phi) is 8.48. The number of carbonyl (C=O) groups is 1. The predicted octanol–water partition coefficient (Wildman–Crippen LogP) is 2.73. The molecule has 2 aliphatic heterocycles. The molecule has 0 aliphatic carbocycles. The molecule has 0 bridgehead atoms. The highest BCUT2D eigenvalue weighted by Gasteiger charge is 2.40. The van der Waals surface area contributed by atoms with Gasteiger partial charge in [0, 0.05) is 38.1 Å². The van der Waals surface area contributed by atoms with Gasteiger partial charge in [0.05, 0.1) is 38.4 Å². The molecule has 2 aromatic rings. The van der Waals surface area contributed by atoms with Crippen LogP contribution in [0.4, 0.5) is 5.95 Å². The van der Waals surface area contributed by atoms with Crippen LogP contribution in [-0.4, -0.2) is 84.1 Å². The fraction of sp³-hybridized carbons (Fsp3) is 0.577. The smallest absolute Gasteiger partial charge is 0.305 e. The van der Waals surface area contributed by atoms with Crippen molar-refractivity contribution in [3.63, 3.8) is 0 Å². The summed E-state index contributed by atoms with van der Waals surface area (Å²) in [5.74, 6) is -0.00410. The quantitative estimate of drug-likeness (QED) is 0.533. The van der Waals surface area contributed by atoms with Gasteiger partial charge >= 0.3 is 5.97 Å². The van der Waals surface area contributed by atoms with E-state index < -0.39 is 5.97 Å². The highest BCUT2D eigenvalue weighted by atomic mass is 16.5. The monoisotopic (exact) mass is 468 g/mol. The Morgan fingerprint density at radius 3 is 2.71 bits per heavy atom. The number of likely N-dealkylation sites (tertiary alicyclic amines) is 1. The Morgan fingerprint density at radius 2 is 1.94 bits per heavy atom. The Balaban J connectivity index is 1.21. The maximum atomic E-state index is 10.6. The molecular formula is C26H36N4O4. The van der Waals surface area contributed by atoms with E-state index in [9.17, 15) is 4.79 Å². The molecule has 2 saturated heterocycles. The lowest BCUT2D eigenvalue weighted by Gasteiger charge is -2.47. The van der Waals surface area contributed by atoms with Gasteiger partial charge < -0.3 is 24.4 Å². The number of hydrogen-bond donors (Lipinski definition) is 1. The number of morpholine rings is 1. The van der Waals surface area contributed by atoms with Crippen molar-refractivity contribution in [3.05, 3.63) is 53.3 Å². The van der Waals surface area contributed by atoms with Crippen LogP contribution in [0.3, 0.4) is 0 Å². The van der Waals surface area contributed by atoms with E-state index in [1.54, 1.807) is 0 Å². The van der Waals surface area contributed by atoms with Gasteiger partial charge in [-0.05, 0) is 49.8 Å². The molecule has 1 spiro atoms. The third-order valence-electron chi connectivity index (χ3n) is 6.78. The number of nitrogens with zero attached hydrogens (tertiary/aromatic N) is 4. The normalized spacial score (nSPS) is 18.3. The summed E-state index contributed by atoms with van der Waals surface area (Å²) < 4.78 is 11.7. The predicted molar refractivity (Wildman–Crippen MR) is 130 cm³/mol. The number of benzene rings is 1. The van der Waals surface area contributed by atoms with Crippen LogP contribution < -0.4 is 4.90 Å². The molecule has 3 heterocycles. The third kappa shape index (κ3) is 6.98. The SMILES string of the molecule is Cc1ccnc(N2CCOC3(CCN(CCc4cccc(CCOCCC(=O)O)c4)CC3)C2)n1. The van der Waals surface area contributed by atoms with Gasteiger partial charge in [0.15, 0.2) is 0 Å². The van der Waals surface area contributed by atoms with Crippen molar-refractivity contribution in [2.75, 3.05) is 57.4 Å². The van der Waals surface area contributed by atoms with Crippen LogP contribution >= 0.6 is 0 Å². The molecule has 2 aliphatic rings. The number of hydrogen-bond acceptors (Lipinski definition) is 7. The lowest BCUT2D eigenvalue weighted by molar-refractivity contribution is -0.138. The van der Waals surface area contributed by atoms with Crippen LogP contribution in [-0.2, 0) is 27.1 Å². The van der Waals surface area contributed by atoms with Crippen LogP contribution in [0.5, 0.6) is 0 Å². The van der Waals surface area contributed by atoms with Crippen molar-refractivity contribution in [2.45, 2.75) is 44.6 Å². The van der Waals surface area contributed by atoms with Gasteiger partial charge in [0.1, 0.15) is 0 Å². The lowest BCUT2D eigenvalue weighted by Crippen LogP contribution is -2.57. The second-order valence-electron chi connectivity index (χ2n) is 9.37. The minimum atomic E-state index is -0.821. The minimum Gasteiger partial charge on any atom is -0.481 e. The molecule has 0 atom stereocenters. The molecule has 0 amide bonds. The zero-order valence-electron chi connectivity index (χ0n) is 20.1. The van der Waals surface area contributed by atoms with E-state index in [1.807, 2.05) is 19.2 Å². The van der Waals surface area contributed by atoms with Crippen LogP contribution in [0.15, 0.2) is 36.5 Å². The summed E-state index contributed by atoms with van der Waals surface area (Å²) >= 11 is 0. The molecule has 0 saturated carbocycles. The topological polar surface area (TPSA) is 88.0 Å². The number of anilines is 1. The molecule has 2 fully saturated rings. The summed E-state index contributed by atoms with van der Waals surface area (Å²) in [6.07, 6.45) is 5.78. The zero-order chi connectivity index (χ0) is 23.8. The first kappa shape index (κ1) is 24.6. The van der Waals surface area contributed by atoms with E-state index in [0.29, 0.717) is 6.61 Å². The summed E-state index contributed by atoms with van der Waals surface area (Å²) in [6.45, 7) is 8.38. The molecule has 0 unspecified atom stereocenters. The number of carboxylic acids is 1. The molecule has 4 rings (SSSR count). The van der Waals surface area contributed by atoms with Crippen molar-refractivity contribution in [1.29, 1.82) is 0 Å². The van der Waals surface area contributed by atoms with Crippen molar-refractivity contribution in [2.24, 2.45) is 0 Å². The van der Waals surface area contributed by atoms with Crippen LogP contribution in [0.2, 0.25) is 0 Å². The Labute approximate surface area is 201 Å². The van der Waals surface area contributed by atoms with Crippen molar-refractivity contribution in [1.82, 2.24) is 14.9 Å². The maximum Gasteiger partial charge on any atom is 0.305 e. The fourth-order valence-electron chi connectivity index (χ4n) is 4.77. The standard InChI is InChI=1S/C26H36N4O4/c1-21-5-11-27-25(28-21)30-15-18-34-26(20-30)9-13-29(14-10-26)12-6-22-3-2-4-23(19-22)7-16-33-17-8-24(31)32/h2-5,11,19H,6-10,12-18,20H2,1H3,(H,31,32). The molecule has 1 N–H and O–H groups in total. The van der Waals surface area contributed by atoms with E-state index in [-0.39, 0.29) is 18.6 Å². The van der Waals surface area contributed by atoms with Crippen molar-refractivity contribution >= 4 is 11.9 Å². The Bertz CT molecular complexity index is 946. The highest BCUT2D eigenvalue weighted by molar-refractivity contribution is 5.66. The summed E-state index contributed by atoms with van der Waals surface area (Å²) in [4.78, 5) is 24.5. The van der Waals surface area contributed by atoms with E-state index in [4.69, 9.17) is 14.6 Å². The van der Waals surface area contributed by atoms with E-state index in [2.05, 4.69) is 44.0 Å². The first-order valence-corrected chi connectivity index (χ1v) is 12.3. The van der Waals surface area contributed by atoms with Gasteiger partial charge in [0.25, 0.3) is 0 Å². The second-order valence-corrected chi connectivity index (χ2v) is 9.37. The van der Waals surface area contributed by atoms with Gasteiger partial charge in [-0.15, -0.1) is 0 Å². The number of aryl methyl sites for hydroxylation is 1. The number of aromatic nitrogens is 2. The summed E-state index contributed by atoms with van der Waals surface area (Å²) in [5, 5.41) is 8.68. The Hall–Kier alpha value is -2.55. The second kappa shape index (κ2) is 11.7. The van der Waals surface area contributed by atoms with Gasteiger partial charge in [-0.2, -0.15) is 0 Å². The molecule has 34 heavy (non-hydrogen) atoms. The van der Waals surface area contributed by atoms with E-state index in [1.165, 1.54) is 11.1 Å². The number of aliphatic carboxylic acids is 1. The number of rotatable bonds is 10.